The van der Waals surface area contributed by atoms with Crippen LogP contribution < -0.4 is 15.8 Å². The maximum atomic E-state index is 13.8. The topological polar surface area (TPSA) is 77.2 Å². The first-order valence-corrected chi connectivity index (χ1v) is 10.1. The molecule has 0 aliphatic heterocycles. The fourth-order valence-corrected chi connectivity index (χ4v) is 3.86. The average molecular weight is 405 g/mol. The predicted molar refractivity (Wildman–Crippen MR) is 113 cm³/mol. The van der Waals surface area contributed by atoms with Gasteiger partial charge in [0, 0.05) is 18.3 Å². The van der Waals surface area contributed by atoms with Crippen LogP contribution in [-0.4, -0.2) is 17.4 Å². The van der Waals surface area contributed by atoms with Crippen molar-refractivity contribution in [1.82, 2.24) is 10.3 Å². The molecule has 3 aromatic rings. The number of fused-ring (bicyclic) bond motifs is 1. The maximum absolute atomic E-state index is 13.8. The number of amides is 1. The highest BCUT2D eigenvalue weighted by Crippen LogP contribution is 2.33. The minimum atomic E-state index is -0.517. The number of primary amides is 1. The number of halogens is 1. The normalized spacial score (nSPS) is 15.4. The van der Waals surface area contributed by atoms with Crippen molar-refractivity contribution in [2.45, 2.75) is 31.7 Å². The summed E-state index contributed by atoms with van der Waals surface area (Å²) in [7, 11) is 0. The lowest BCUT2D eigenvalue weighted by Crippen LogP contribution is -2.27. The molecule has 0 radical (unpaired) electrons. The number of aryl methyl sites for hydroxylation is 1. The molecule has 5 nitrogen and oxygen atoms in total. The molecule has 1 aliphatic rings. The maximum Gasteiger partial charge on any atom is 0.250 e. The molecule has 0 spiro atoms. The van der Waals surface area contributed by atoms with Crippen LogP contribution >= 0.6 is 0 Å². The summed E-state index contributed by atoms with van der Waals surface area (Å²) in [5.41, 5.74) is 8.83. The van der Waals surface area contributed by atoms with Crippen LogP contribution in [0.15, 0.2) is 60.8 Å². The van der Waals surface area contributed by atoms with Crippen LogP contribution in [0.4, 0.5) is 4.39 Å². The molecule has 1 atom stereocenters. The number of hydrogen-bond acceptors (Lipinski definition) is 4. The molecule has 0 saturated carbocycles. The molecule has 154 valence electrons. The molecule has 0 fully saturated rings. The molecule has 3 N–H and O–H groups in total. The summed E-state index contributed by atoms with van der Waals surface area (Å²) in [5.74, 6) is 0.453. The first kappa shape index (κ1) is 20.0. The molecular weight excluding hydrogens is 381 g/mol. The third-order valence-electron chi connectivity index (χ3n) is 5.41. The fourth-order valence-electron chi connectivity index (χ4n) is 3.86. The third-order valence-corrected chi connectivity index (χ3v) is 5.41. The second kappa shape index (κ2) is 9.05. The van der Waals surface area contributed by atoms with Crippen molar-refractivity contribution >= 4 is 5.91 Å². The standard InChI is InChI=1S/C24H24FN3O2/c25-21-6-2-1-4-16(21)12-13-27-22-7-3-5-17-14-19(9-10-20(17)22)30-23-11-8-18(15-28-23)24(26)29/h1-2,4,6,8-11,14-15,22,27H,3,5,7,12-13H2,(H2,26,29). The average Bonchev–Trinajstić information content (AvgIpc) is 2.75. The molecule has 1 unspecified atom stereocenters. The Bertz CT molecular complexity index is 1040. The largest absolute Gasteiger partial charge is 0.439 e. The van der Waals surface area contributed by atoms with Crippen molar-refractivity contribution < 1.29 is 13.9 Å². The Morgan fingerprint density at radius 2 is 2.07 bits per heavy atom. The first-order chi connectivity index (χ1) is 14.6. The highest BCUT2D eigenvalue weighted by molar-refractivity contribution is 5.92. The molecule has 1 heterocycles. The molecule has 4 rings (SSSR count). The predicted octanol–water partition coefficient (Wildman–Crippen LogP) is 4.32. The highest BCUT2D eigenvalue weighted by Gasteiger charge is 2.20. The molecule has 2 aromatic carbocycles. The summed E-state index contributed by atoms with van der Waals surface area (Å²) in [6.07, 6.45) is 5.20. The van der Waals surface area contributed by atoms with Crippen molar-refractivity contribution in [2.75, 3.05) is 6.54 Å². The number of hydrogen-bond donors (Lipinski definition) is 2. The quantitative estimate of drug-likeness (QED) is 0.614. The highest BCUT2D eigenvalue weighted by atomic mass is 19.1. The van der Waals surface area contributed by atoms with Crippen LogP contribution in [-0.2, 0) is 12.8 Å². The second-order valence-corrected chi connectivity index (χ2v) is 7.45. The molecule has 0 saturated heterocycles. The minimum Gasteiger partial charge on any atom is -0.439 e. The number of nitrogens with zero attached hydrogens (tertiary/aromatic N) is 1. The zero-order valence-electron chi connectivity index (χ0n) is 16.6. The van der Waals surface area contributed by atoms with Gasteiger partial charge in [-0.25, -0.2) is 9.37 Å². The van der Waals surface area contributed by atoms with E-state index in [1.165, 1.54) is 23.4 Å². The third kappa shape index (κ3) is 4.66. The molecule has 0 bridgehead atoms. The zero-order chi connectivity index (χ0) is 20.9. The molecule has 6 heteroatoms. The van der Waals surface area contributed by atoms with E-state index < -0.39 is 5.91 Å². The summed E-state index contributed by atoms with van der Waals surface area (Å²) >= 11 is 0. The monoisotopic (exact) mass is 405 g/mol. The number of nitrogens with one attached hydrogen (secondary N) is 1. The van der Waals surface area contributed by atoms with Crippen LogP contribution in [0, 0.1) is 5.82 Å². The summed E-state index contributed by atoms with van der Waals surface area (Å²) in [5, 5.41) is 3.58. The van der Waals surface area contributed by atoms with E-state index in [2.05, 4.69) is 16.4 Å². The van der Waals surface area contributed by atoms with Crippen LogP contribution in [0.25, 0.3) is 0 Å². The lowest BCUT2D eigenvalue weighted by molar-refractivity contribution is 0.1000. The zero-order valence-corrected chi connectivity index (χ0v) is 16.6. The van der Waals surface area contributed by atoms with E-state index in [4.69, 9.17) is 10.5 Å². The van der Waals surface area contributed by atoms with Crippen molar-refractivity contribution in [1.29, 1.82) is 0 Å². The van der Waals surface area contributed by atoms with Gasteiger partial charge in [-0.05, 0) is 73.2 Å². The Kier molecular flexibility index (Phi) is 6.05. The summed E-state index contributed by atoms with van der Waals surface area (Å²) in [6.45, 7) is 0.722. The SMILES string of the molecule is NC(=O)c1ccc(Oc2ccc3c(c2)CCCC3NCCc2ccccc2F)nc1. The van der Waals surface area contributed by atoms with E-state index in [0.29, 0.717) is 23.6 Å². The smallest absolute Gasteiger partial charge is 0.250 e. The van der Waals surface area contributed by atoms with Gasteiger partial charge >= 0.3 is 0 Å². The van der Waals surface area contributed by atoms with Crippen LogP contribution in [0.1, 0.15) is 45.9 Å². The van der Waals surface area contributed by atoms with E-state index in [1.807, 2.05) is 24.3 Å². The van der Waals surface area contributed by atoms with Gasteiger partial charge in [-0.2, -0.15) is 0 Å². The van der Waals surface area contributed by atoms with Gasteiger partial charge < -0.3 is 15.8 Å². The lowest BCUT2D eigenvalue weighted by Gasteiger charge is -2.27. The number of carbonyl (C=O) groups excluding carboxylic acids is 1. The van der Waals surface area contributed by atoms with Gasteiger partial charge in [0.15, 0.2) is 0 Å². The number of aromatic nitrogens is 1. The van der Waals surface area contributed by atoms with Crippen LogP contribution in [0.5, 0.6) is 11.6 Å². The fraction of sp³-hybridized carbons (Fsp3) is 0.250. The molecule has 1 aliphatic carbocycles. The molecule has 30 heavy (non-hydrogen) atoms. The van der Waals surface area contributed by atoms with E-state index >= 15 is 0 Å². The summed E-state index contributed by atoms with van der Waals surface area (Å²) in [4.78, 5) is 15.3. The Balaban J connectivity index is 1.40. The van der Waals surface area contributed by atoms with Gasteiger partial charge in [0.25, 0.3) is 0 Å². The number of rotatable bonds is 7. The van der Waals surface area contributed by atoms with Crippen LogP contribution in [0.3, 0.4) is 0 Å². The van der Waals surface area contributed by atoms with Crippen LogP contribution in [0.2, 0.25) is 0 Å². The summed E-state index contributed by atoms with van der Waals surface area (Å²) in [6, 6.07) is 16.5. The van der Waals surface area contributed by atoms with Gasteiger partial charge in [-0.1, -0.05) is 24.3 Å². The number of pyridine rings is 1. The Hall–Kier alpha value is -3.25. The van der Waals surface area contributed by atoms with Crippen molar-refractivity contribution in [2.24, 2.45) is 5.73 Å². The Labute approximate surface area is 175 Å². The van der Waals surface area contributed by atoms with E-state index in [9.17, 15) is 9.18 Å². The van der Waals surface area contributed by atoms with Crippen molar-refractivity contribution in [3.05, 3.63) is 88.9 Å². The Morgan fingerprint density at radius 1 is 1.20 bits per heavy atom. The minimum absolute atomic E-state index is 0.150. The molecule has 1 amide bonds. The lowest BCUT2D eigenvalue weighted by atomic mass is 9.87. The number of benzene rings is 2. The molecular formula is C24H24FN3O2. The van der Waals surface area contributed by atoms with Gasteiger partial charge in [-0.15, -0.1) is 0 Å². The van der Waals surface area contributed by atoms with Gasteiger partial charge in [-0.3, -0.25) is 4.79 Å². The van der Waals surface area contributed by atoms with Crippen molar-refractivity contribution in [3.8, 4) is 11.6 Å². The van der Waals surface area contributed by atoms with Gasteiger partial charge in [0.05, 0.1) is 5.56 Å². The number of ether oxygens (including phenoxy) is 1. The number of nitrogens with two attached hydrogens (primary N) is 1. The van der Waals surface area contributed by atoms with E-state index in [1.54, 1.807) is 18.2 Å². The van der Waals surface area contributed by atoms with E-state index in [0.717, 1.165) is 31.4 Å². The van der Waals surface area contributed by atoms with Crippen molar-refractivity contribution in [3.63, 3.8) is 0 Å². The molecule has 1 aromatic heterocycles. The van der Waals surface area contributed by atoms with Gasteiger partial charge in [0.1, 0.15) is 11.6 Å². The number of carbonyl (C=O) groups is 1. The first-order valence-electron chi connectivity index (χ1n) is 10.1. The summed E-state index contributed by atoms with van der Waals surface area (Å²) < 4.78 is 19.7. The Morgan fingerprint density at radius 3 is 2.83 bits per heavy atom. The van der Waals surface area contributed by atoms with E-state index in [-0.39, 0.29) is 11.9 Å². The second-order valence-electron chi connectivity index (χ2n) is 7.45. The van der Waals surface area contributed by atoms with Gasteiger partial charge in [0.2, 0.25) is 11.8 Å².